The van der Waals surface area contributed by atoms with Gasteiger partial charge in [0, 0.05) is 10.5 Å². The third kappa shape index (κ3) is 6.73. The Balaban J connectivity index is 2.70. The van der Waals surface area contributed by atoms with E-state index in [-0.39, 0.29) is 10.5 Å². The molecule has 1 unspecified atom stereocenters. The van der Waals surface area contributed by atoms with Gasteiger partial charge < -0.3 is 9.84 Å². The summed E-state index contributed by atoms with van der Waals surface area (Å²) in [4.78, 5) is 0. The molecule has 0 aliphatic rings. The van der Waals surface area contributed by atoms with Gasteiger partial charge in [-0.15, -0.1) is 13.2 Å². The third-order valence-electron chi connectivity index (χ3n) is 2.15. The Hall–Kier alpha value is -0.880. The molecule has 2 nitrogen and oxygen atoms in total. The van der Waals surface area contributed by atoms with Crippen molar-refractivity contribution >= 4 is 11.8 Å². The van der Waals surface area contributed by atoms with Gasteiger partial charge in [0.15, 0.2) is 0 Å². The second kappa shape index (κ2) is 6.05. The standard InChI is InChI=1S/C13H17F3O2S/c1-12(2,3)19-8-11(17)9-5-4-6-10(7-9)18-13(14,15)16/h4-7,11,17H,8H2,1-3H3. The van der Waals surface area contributed by atoms with E-state index < -0.39 is 12.5 Å². The monoisotopic (exact) mass is 294 g/mol. The second-order valence-electron chi connectivity index (χ2n) is 5.06. The average Bonchev–Trinajstić information content (AvgIpc) is 2.23. The second-order valence-corrected chi connectivity index (χ2v) is 6.91. The van der Waals surface area contributed by atoms with Gasteiger partial charge in [0.25, 0.3) is 0 Å². The van der Waals surface area contributed by atoms with E-state index in [2.05, 4.69) is 4.74 Å². The predicted molar refractivity (Wildman–Crippen MR) is 70.3 cm³/mol. The fourth-order valence-electron chi connectivity index (χ4n) is 1.34. The first-order valence-electron chi connectivity index (χ1n) is 5.74. The van der Waals surface area contributed by atoms with E-state index in [0.29, 0.717) is 11.3 Å². The van der Waals surface area contributed by atoms with Crippen LogP contribution in [-0.4, -0.2) is 22.0 Å². The molecule has 1 atom stereocenters. The maximum atomic E-state index is 12.1. The zero-order valence-electron chi connectivity index (χ0n) is 11.0. The van der Waals surface area contributed by atoms with E-state index in [4.69, 9.17) is 0 Å². The highest BCUT2D eigenvalue weighted by Crippen LogP contribution is 2.30. The van der Waals surface area contributed by atoms with Gasteiger partial charge in [-0.05, 0) is 17.7 Å². The molecule has 0 radical (unpaired) electrons. The lowest BCUT2D eigenvalue weighted by atomic mass is 10.1. The quantitative estimate of drug-likeness (QED) is 0.904. The molecule has 0 saturated heterocycles. The Morgan fingerprint density at radius 2 is 1.89 bits per heavy atom. The number of aliphatic hydroxyl groups excluding tert-OH is 1. The lowest BCUT2D eigenvalue weighted by molar-refractivity contribution is -0.274. The normalized spacial score (nSPS) is 14.3. The molecule has 1 N–H and O–H groups in total. The highest BCUT2D eigenvalue weighted by Gasteiger charge is 2.31. The molecule has 0 aliphatic heterocycles. The number of hydrogen-bond donors (Lipinski definition) is 1. The summed E-state index contributed by atoms with van der Waals surface area (Å²) in [5.41, 5.74) is 0.415. The zero-order valence-corrected chi connectivity index (χ0v) is 11.8. The van der Waals surface area contributed by atoms with Crippen molar-refractivity contribution in [2.75, 3.05) is 5.75 Å². The van der Waals surface area contributed by atoms with Crippen LogP contribution in [0.4, 0.5) is 13.2 Å². The van der Waals surface area contributed by atoms with Crippen LogP contribution in [0.15, 0.2) is 24.3 Å². The van der Waals surface area contributed by atoms with Crippen LogP contribution in [-0.2, 0) is 0 Å². The average molecular weight is 294 g/mol. The van der Waals surface area contributed by atoms with Crippen molar-refractivity contribution in [1.29, 1.82) is 0 Å². The van der Waals surface area contributed by atoms with Gasteiger partial charge in [-0.2, -0.15) is 11.8 Å². The zero-order chi connectivity index (χ0) is 14.7. The summed E-state index contributed by atoms with van der Waals surface area (Å²) in [5, 5.41) is 9.95. The van der Waals surface area contributed by atoms with Crippen LogP contribution in [0.1, 0.15) is 32.4 Å². The number of aliphatic hydroxyl groups is 1. The highest BCUT2D eigenvalue weighted by molar-refractivity contribution is 8.00. The molecule has 6 heteroatoms. The SMILES string of the molecule is CC(C)(C)SCC(O)c1cccc(OC(F)(F)F)c1. The van der Waals surface area contributed by atoms with Crippen molar-refractivity contribution < 1.29 is 23.0 Å². The van der Waals surface area contributed by atoms with E-state index in [9.17, 15) is 18.3 Å². The Bertz CT molecular complexity index is 413. The van der Waals surface area contributed by atoms with Crippen LogP contribution in [0.3, 0.4) is 0 Å². The molecule has 0 aromatic heterocycles. The smallest absolute Gasteiger partial charge is 0.406 e. The summed E-state index contributed by atoms with van der Waals surface area (Å²) in [6.07, 6.45) is -5.54. The molecule has 0 heterocycles. The van der Waals surface area contributed by atoms with Crippen molar-refractivity contribution in [2.24, 2.45) is 0 Å². The first-order valence-corrected chi connectivity index (χ1v) is 6.73. The molecular weight excluding hydrogens is 277 g/mol. The van der Waals surface area contributed by atoms with Gasteiger partial charge in [-0.1, -0.05) is 32.9 Å². The third-order valence-corrected chi connectivity index (χ3v) is 3.50. The Kier molecular flexibility index (Phi) is 5.15. The van der Waals surface area contributed by atoms with Crippen LogP contribution in [0.2, 0.25) is 0 Å². The lowest BCUT2D eigenvalue weighted by Crippen LogP contribution is -2.17. The molecule has 0 fully saturated rings. The molecule has 1 aromatic carbocycles. The number of benzene rings is 1. The minimum atomic E-state index is -4.72. The number of ether oxygens (including phenoxy) is 1. The number of hydrogen-bond acceptors (Lipinski definition) is 3. The molecule has 108 valence electrons. The van der Waals surface area contributed by atoms with Gasteiger partial charge in [-0.25, -0.2) is 0 Å². The van der Waals surface area contributed by atoms with Gasteiger partial charge in [0.1, 0.15) is 5.75 Å². The maximum Gasteiger partial charge on any atom is 0.573 e. The van der Waals surface area contributed by atoms with E-state index in [1.165, 1.54) is 18.2 Å². The van der Waals surface area contributed by atoms with Crippen molar-refractivity contribution in [2.45, 2.75) is 38.0 Å². The van der Waals surface area contributed by atoms with Crippen LogP contribution in [0, 0.1) is 0 Å². The summed E-state index contributed by atoms with van der Waals surface area (Å²) in [6, 6.07) is 5.43. The summed E-state index contributed by atoms with van der Waals surface area (Å²) in [6.45, 7) is 6.02. The van der Waals surface area contributed by atoms with Crippen LogP contribution in [0.5, 0.6) is 5.75 Å². The Morgan fingerprint density at radius 1 is 1.26 bits per heavy atom. The molecule has 0 aliphatic carbocycles. The molecule has 0 spiro atoms. The van der Waals surface area contributed by atoms with Crippen molar-refractivity contribution in [3.8, 4) is 5.75 Å². The van der Waals surface area contributed by atoms with Gasteiger partial charge in [-0.3, -0.25) is 0 Å². The van der Waals surface area contributed by atoms with Crippen molar-refractivity contribution in [1.82, 2.24) is 0 Å². The Labute approximate surface area is 115 Å². The van der Waals surface area contributed by atoms with E-state index in [0.717, 1.165) is 0 Å². The highest BCUT2D eigenvalue weighted by atomic mass is 32.2. The predicted octanol–water partition coefficient (Wildman–Crippen LogP) is 4.15. The van der Waals surface area contributed by atoms with Gasteiger partial charge in [0.05, 0.1) is 6.10 Å². The first kappa shape index (κ1) is 16.2. The topological polar surface area (TPSA) is 29.5 Å². The summed E-state index contributed by atoms with van der Waals surface area (Å²) in [7, 11) is 0. The molecule has 19 heavy (non-hydrogen) atoms. The number of rotatable bonds is 4. The van der Waals surface area contributed by atoms with E-state index in [1.807, 2.05) is 20.8 Å². The van der Waals surface area contributed by atoms with Crippen molar-refractivity contribution in [3.63, 3.8) is 0 Å². The van der Waals surface area contributed by atoms with Gasteiger partial charge in [0.2, 0.25) is 0 Å². The van der Waals surface area contributed by atoms with E-state index in [1.54, 1.807) is 17.8 Å². The largest absolute Gasteiger partial charge is 0.573 e. The maximum absolute atomic E-state index is 12.1. The van der Waals surface area contributed by atoms with Crippen molar-refractivity contribution in [3.05, 3.63) is 29.8 Å². The Morgan fingerprint density at radius 3 is 2.42 bits per heavy atom. The number of thioether (sulfide) groups is 1. The molecule has 1 rings (SSSR count). The molecule has 0 amide bonds. The van der Waals surface area contributed by atoms with Crippen LogP contribution < -0.4 is 4.74 Å². The minimum Gasteiger partial charge on any atom is -0.406 e. The molecule has 1 aromatic rings. The molecule has 0 saturated carbocycles. The fourth-order valence-corrected chi connectivity index (χ4v) is 2.19. The van der Waals surface area contributed by atoms with Gasteiger partial charge >= 0.3 is 6.36 Å². The first-order chi connectivity index (χ1) is 8.57. The number of alkyl halides is 3. The van der Waals surface area contributed by atoms with Crippen LogP contribution >= 0.6 is 11.8 Å². The summed E-state index contributed by atoms with van der Waals surface area (Å²) in [5.74, 6) is 0.101. The minimum absolute atomic E-state index is 0.0128. The lowest BCUT2D eigenvalue weighted by Gasteiger charge is -2.20. The molecule has 0 bridgehead atoms. The number of halogens is 3. The van der Waals surface area contributed by atoms with Crippen LogP contribution in [0.25, 0.3) is 0 Å². The summed E-state index contributed by atoms with van der Waals surface area (Å²) < 4.78 is 40.1. The molecular formula is C13H17F3O2S. The summed E-state index contributed by atoms with van der Waals surface area (Å²) >= 11 is 1.54. The van der Waals surface area contributed by atoms with E-state index >= 15 is 0 Å². The fraction of sp³-hybridized carbons (Fsp3) is 0.538.